The molecule has 2 aromatic rings. The van der Waals surface area contributed by atoms with Crippen LogP contribution < -0.4 is 10.1 Å². The summed E-state index contributed by atoms with van der Waals surface area (Å²) in [6, 6.07) is 13.4. The second-order valence-electron chi connectivity index (χ2n) is 6.71. The molecule has 0 radical (unpaired) electrons. The molecule has 1 N–H and O–H groups in total. The highest BCUT2D eigenvalue weighted by molar-refractivity contribution is 5.90. The number of aryl methyl sites for hydroxylation is 1. The molecule has 1 saturated carbocycles. The number of hydrogen-bond acceptors (Lipinski definition) is 3. The average Bonchev–Trinajstić information content (AvgIpc) is 2.67. The Morgan fingerprint density at radius 2 is 1.88 bits per heavy atom. The average molecular weight is 338 g/mol. The summed E-state index contributed by atoms with van der Waals surface area (Å²) in [6.45, 7) is 0.801. The van der Waals surface area contributed by atoms with Crippen LogP contribution in [0.5, 0.6) is 5.75 Å². The van der Waals surface area contributed by atoms with E-state index in [1.165, 1.54) is 32.1 Å². The van der Waals surface area contributed by atoms with Crippen LogP contribution in [0.4, 0.5) is 5.69 Å². The normalized spacial score (nSPS) is 14.9. The third-order valence-corrected chi connectivity index (χ3v) is 4.68. The van der Waals surface area contributed by atoms with Crippen molar-refractivity contribution >= 4 is 11.6 Å². The van der Waals surface area contributed by atoms with Gasteiger partial charge in [0.2, 0.25) is 5.91 Å². The van der Waals surface area contributed by atoms with Crippen LogP contribution in [0.1, 0.15) is 44.2 Å². The molecule has 4 heteroatoms. The lowest BCUT2D eigenvalue weighted by atomic mass is 9.90. The van der Waals surface area contributed by atoms with Crippen molar-refractivity contribution in [1.29, 1.82) is 0 Å². The van der Waals surface area contributed by atoms with Crippen LogP contribution >= 0.6 is 0 Å². The minimum Gasteiger partial charge on any atom is -0.493 e. The predicted octanol–water partition coefficient (Wildman–Crippen LogP) is 4.61. The third kappa shape index (κ3) is 5.89. The molecule has 1 fully saturated rings. The predicted molar refractivity (Wildman–Crippen MR) is 99.7 cm³/mol. The minimum atomic E-state index is 0.00141. The number of nitrogens with zero attached hydrogens (tertiary/aromatic N) is 1. The van der Waals surface area contributed by atoms with Crippen LogP contribution in [0.25, 0.3) is 0 Å². The van der Waals surface area contributed by atoms with Gasteiger partial charge in [-0.05, 0) is 61.6 Å². The number of amides is 1. The van der Waals surface area contributed by atoms with Crippen molar-refractivity contribution < 1.29 is 9.53 Å². The van der Waals surface area contributed by atoms with Crippen molar-refractivity contribution in [2.75, 3.05) is 11.9 Å². The maximum atomic E-state index is 12.0. The van der Waals surface area contributed by atoms with Crippen LogP contribution in [0.15, 0.2) is 48.7 Å². The highest BCUT2D eigenvalue weighted by atomic mass is 16.5. The van der Waals surface area contributed by atoms with Gasteiger partial charge < -0.3 is 10.1 Å². The molecule has 132 valence electrons. The second kappa shape index (κ2) is 9.21. The summed E-state index contributed by atoms with van der Waals surface area (Å²) >= 11 is 0. The highest BCUT2D eigenvalue weighted by Crippen LogP contribution is 2.25. The van der Waals surface area contributed by atoms with E-state index in [4.69, 9.17) is 4.74 Å². The van der Waals surface area contributed by atoms with Gasteiger partial charge in [0.25, 0.3) is 0 Å². The number of rotatable bonds is 7. The van der Waals surface area contributed by atoms with Crippen molar-refractivity contribution in [1.82, 2.24) is 4.98 Å². The molecular formula is C21H26N2O2. The third-order valence-electron chi connectivity index (χ3n) is 4.68. The summed E-state index contributed by atoms with van der Waals surface area (Å²) in [6.07, 6.45) is 9.42. The maximum Gasteiger partial charge on any atom is 0.224 e. The van der Waals surface area contributed by atoms with Crippen molar-refractivity contribution in [2.24, 2.45) is 5.92 Å². The van der Waals surface area contributed by atoms with Crippen LogP contribution in [-0.4, -0.2) is 17.5 Å². The van der Waals surface area contributed by atoms with Gasteiger partial charge in [0, 0.05) is 24.0 Å². The van der Waals surface area contributed by atoms with E-state index >= 15 is 0 Å². The first-order valence-electron chi connectivity index (χ1n) is 9.22. The molecule has 3 rings (SSSR count). The first-order valence-corrected chi connectivity index (χ1v) is 9.22. The largest absolute Gasteiger partial charge is 0.493 e. The van der Waals surface area contributed by atoms with Crippen LogP contribution in [-0.2, 0) is 11.2 Å². The van der Waals surface area contributed by atoms with Gasteiger partial charge in [-0.3, -0.25) is 9.78 Å². The molecule has 1 heterocycles. The molecule has 0 spiro atoms. The zero-order chi connectivity index (χ0) is 17.3. The van der Waals surface area contributed by atoms with Crippen LogP contribution in [0.2, 0.25) is 0 Å². The van der Waals surface area contributed by atoms with Gasteiger partial charge in [0.1, 0.15) is 5.75 Å². The number of carbonyl (C=O) groups excluding carboxylic acids is 1. The number of carbonyl (C=O) groups is 1. The van der Waals surface area contributed by atoms with Gasteiger partial charge >= 0.3 is 0 Å². The highest BCUT2D eigenvalue weighted by Gasteiger charge is 2.13. The minimum absolute atomic E-state index is 0.00141. The fourth-order valence-corrected chi connectivity index (χ4v) is 3.21. The molecule has 0 unspecified atom stereocenters. The van der Waals surface area contributed by atoms with Crippen molar-refractivity contribution in [3.8, 4) is 5.75 Å². The number of ether oxygens (including phenoxy) is 1. The number of nitrogens with one attached hydrogen (secondary N) is 1. The molecule has 0 atom stereocenters. The summed E-state index contributed by atoms with van der Waals surface area (Å²) in [4.78, 5) is 16.3. The summed E-state index contributed by atoms with van der Waals surface area (Å²) in [5, 5.41) is 2.92. The Morgan fingerprint density at radius 1 is 1.08 bits per heavy atom. The first kappa shape index (κ1) is 17.5. The number of hydrogen-bond donors (Lipinski definition) is 1. The topological polar surface area (TPSA) is 51.2 Å². The lowest BCUT2D eigenvalue weighted by Gasteiger charge is -2.21. The molecule has 0 bridgehead atoms. The smallest absolute Gasteiger partial charge is 0.224 e. The summed E-state index contributed by atoms with van der Waals surface area (Å²) < 4.78 is 5.89. The van der Waals surface area contributed by atoms with E-state index in [0.717, 1.165) is 23.7 Å². The Bertz CT molecular complexity index is 649. The van der Waals surface area contributed by atoms with E-state index in [1.54, 1.807) is 6.20 Å². The Morgan fingerprint density at radius 3 is 2.60 bits per heavy atom. The first-order chi connectivity index (χ1) is 12.3. The Kier molecular flexibility index (Phi) is 6.43. The molecular weight excluding hydrogens is 312 g/mol. The van der Waals surface area contributed by atoms with Gasteiger partial charge in [0.05, 0.1) is 6.61 Å². The quantitative estimate of drug-likeness (QED) is 0.802. The van der Waals surface area contributed by atoms with Crippen molar-refractivity contribution in [3.63, 3.8) is 0 Å². The zero-order valence-corrected chi connectivity index (χ0v) is 14.6. The molecule has 1 aromatic heterocycles. The SMILES string of the molecule is O=C(CCc1ccccn1)Nc1ccc(OCC2CCCCC2)cc1. The monoisotopic (exact) mass is 338 g/mol. The molecule has 4 nitrogen and oxygen atoms in total. The van der Waals surface area contributed by atoms with Crippen molar-refractivity contribution in [2.45, 2.75) is 44.9 Å². The van der Waals surface area contributed by atoms with Gasteiger partial charge in [-0.1, -0.05) is 25.3 Å². The standard InChI is InChI=1S/C21H26N2O2/c24-21(14-11-18-8-4-5-15-22-18)23-19-9-12-20(13-10-19)25-16-17-6-2-1-3-7-17/h4-5,8-10,12-13,15,17H,1-3,6-7,11,14,16H2,(H,23,24). The Hall–Kier alpha value is -2.36. The summed E-state index contributed by atoms with van der Waals surface area (Å²) in [7, 11) is 0. The molecule has 0 saturated heterocycles. The van der Waals surface area contributed by atoms with Gasteiger partial charge in [-0.25, -0.2) is 0 Å². The Labute approximate surface area is 149 Å². The molecule has 25 heavy (non-hydrogen) atoms. The van der Waals surface area contributed by atoms with Crippen molar-refractivity contribution in [3.05, 3.63) is 54.4 Å². The number of pyridine rings is 1. The van der Waals surface area contributed by atoms with Gasteiger partial charge in [-0.15, -0.1) is 0 Å². The second-order valence-corrected chi connectivity index (χ2v) is 6.71. The number of benzene rings is 1. The summed E-state index contributed by atoms with van der Waals surface area (Å²) in [5.41, 5.74) is 1.74. The van der Waals surface area contributed by atoms with E-state index in [1.807, 2.05) is 42.5 Å². The van der Waals surface area contributed by atoms with Gasteiger partial charge in [0.15, 0.2) is 0 Å². The lowest BCUT2D eigenvalue weighted by Crippen LogP contribution is -2.15. The molecule has 1 amide bonds. The van der Waals surface area contributed by atoms with Crippen LogP contribution in [0, 0.1) is 5.92 Å². The molecule has 1 aliphatic rings. The van der Waals surface area contributed by atoms with E-state index in [0.29, 0.717) is 18.8 Å². The van der Waals surface area contributed by atoms with Gasteiger partial charge in [-0.2, -0.15) is 0 Å². The summed E-state index contributed by atoms with van der Waals surface area (Å²) in [5.74, 6) is 1.57. The zero-order valence-electron chi connectivity index (χ0n) is 14.6. The fourth-order valence-electron chi connectivity index (χ4n) is 3.21. The van der Waals surface area contributed by atoms with E-state index < -0.39 is 0 Å². The Balaban J connectivity index is 1.41. The number of anilines is 1. The fraction of sp³-hybridized carbons (Fsp3) is 0.429. The van der Waals surface area contributed by atoms with E-state index in [2.05, 4.69) is 10.3 Å². The van der Waals surface area contributed by atoms with Crippen LogP contribution in [0.3, 0.4) is 0 Å². The number of aromatic nitrogens is 1. The molecule has 1 aromatic carbocycles. The molecule has 0 aliphatic heterocycles. The lowest BCUT2D eigenvalue weighted by molar-refractivity contribution is -0.116. The van der Waals surface area contributed by atoms with E-state index in [-0.39, 0.29) is 5.91 Å². The van der Waals surface area contributed by atoms with E-state index in [9.17, 15) is 4.79 Å². The molecule has 1 aliphatic carbocycles. The maximum absolute atomic E-state index is 12.0.